The number of carbonyl (C=O) groups excluding carboxylic acids is 1. The van der Waals surface area contributed by atoms with Crippen molar-refractivity contribution in [2.75, 3.05) is 12.4 Å². The molecule has 0 spiro atoms. The number of ether oxygens (including phenoxy) is 1. The Kier molecular flexibility index (Phi) is 5.41. The number of nitrogens with one attached hydrogen (secondary N) is 1. The lowest BCUT2D eigenvalue weighted by Crippen LogP contribution is -2.58. The number of thioether (sulfide) groups is 1. The van der Waals surface area contributed by atoms with Crippen LogP contribution in [-0.2, 0) is 9.53 Å². The Morgan fingerprint density at radius 1 is 1.30 bits per heavy atom. The van der Waals surface area contributed by atoms with Crippen LogP contribution in [0.4, 0.5) is 0 Å². The molecule has 0 radical (unpaired) electrons. The van der Waals surface area contributed by atoms with Crippen molar-refractivity contribution < 1.29 is 9.53 Å². The van der Waals surface area contributed by atoms with Gasteiger partial charge in [-0.1, -0.05) is 20.8 Å². The van der Waals surface area contributed by atoms with Crippen LogP contribution in [0.3, 0.4) is 0 Å². The van der Waals surface area contributed by atoms with Gasteiger partial charge in [-0.25, -0.2) is 0 Å². The molecule has 3 nitrogen and oxygen atoms in total. The van der Waals surface area contributed by atoms with Crippen LogP contribution < -0.4 is 5.32 Å². The Balaban J connectivity index is 2.05. The van der Waals surface area contributed by atoms with Crippen molar-refractivity contribution in [2.45, 2.75) is 70.2 Å². The lowest BCUT2D eigenvalue weighted by Gasteiger charge is -2.34. The molecular weight excluding hydrogens is 270 g/mol. The molecule has 2 fully saturated rings. The van der Waals surface area contributed by atoms with E-state index in [1.807, 2.05) is 18.7 Å². The summed E-state index contributed by atoms with van der Waals surface area (Å²) >= 11 is 1.92. The SMILES string of the molecule is CCOC(=O)C(CSC(C)C(C)C)(NC1CC1)C1CC1. The van der Waals surface area contributed by atoms with Crippen LogP contribution in [0.1, 0.15) is 53.4 Å². The van der Waals surface area contributed by atoms with Crippen LogP contribution in [-0.4, -0.2) is 35.2 Å². The molecule has 116 valence electrons. The zero-order valence-corrected chi connectivity index (χ0v) is 14.1. The summed E-state index contributed by atoms with van der Waals surface area (Å²) in [5.41, 5.74) is -0.426. The van der Waals surface area contributed by atoms with Gasteiger partial charge in [-0.15, -0.1) is 0 Å². The number of hydrogen-bond acceptors (Lipinski definition) is 4. The Morgan fingerprint density at radius 3 is 2.40 bits per heavy atom. The van der Waals surface area contributed by atoms with Crippen LogP contribution in [0, 0.1) is 11.8 Å². The van der Waals surface area contributed by atoms with Gasteiger partial charge in [0.1, 0.15) is 5.54 Å². The monoisotopic (exact) mass is 299 g/mol. The highest BCUT2D eigenvalue weighted by Crippen LogP contribution is 2.44. The van der Waals surface area contributed by atoms with Crippen LogP contribution in [0.5, 0.6) is 0 Å². The van der Waals surface area contributed by atoms with Gasteiger partial charge in [-0.2, -0.15) is 11.8 Å². The molecule has 0 amide bonds. The first-order chi connectivity index (χ1) is 9.49. The van der Waals surface area contributed by atoms with Crippen LogP contribution in [0.15, 0.2) is 0 Å². The Labute approximate surface area is 127 Å². The first-order valence-electron chi connectivity index (χ1n) is 8.06. The molecule has 1 N–H and O–H groups in total. The Hall–Kier alpha value is -0.220. The largest absolute Gasteiger partial charge is 0.465 e. The van der Waals surface area contributed by atoms with E-state index in [0.29, 0.717) is 29.7 Å². The molecule has 2 aliphatic carbocycles. The zero-order chi connectivity index (χ0) is 14.8. The van der Waals surface area contributed by atoms with E-state index in [4.69, 9.17) is 4.74 Å². The van der Waals surface area contributed by atoms with E-state index in [1.165, 1.54) is 12.8 Å². The molecular formula is C16H29NO2S. The fraction of sp³-hybridized carbons (Fsp3) is 0.938. The fourth-order valence-electron chi connectivity index (χ4n) is 2.45. The summed E-state index contributed by atoms with van der Waals surface area (Å²) in [6.45, 7) is 9.13. The smallest absolute Gasteiger partial charge is 0.327 e. The van der Waals surface area contributed by atoms with Crippen LogP contribution in [0.25, 0.3) is 0 Å². The topological polar surface area (TPSA) is 38.3 Å². The molecule has 20 heavy (non-hydrogen) atoms. The highest BCUT2D eigenvalue weighted by Gasteiger charge is 2.54. The second kappa shape index (κ2) is 6.69. The molecule has 0 saturated heterocycles. The summed E-state index contributed by atoms with van der Waals surface area (Å²) in [5, 5.41) is 4.22. The molecule has 2 unspecified atom stereocenters. The van der Waals surface area contributed by atoms with Crippen molar-refractivity contribution >= 4 is 17.7 Å². The average Bonchev–Trinajstić information content (AvgIpc) is 3.26. The van der Waals surface area contributed by atoms with E-state index in [0.717, 1.165) is 18.6 Å². The number of carbonyl (C=O) groups is 1. The maximum Gasteiger partial charge on any atom is 0.327 e. The summed E-state index contributed by atoms with van der Waals surface area (Å²) in [7, 11) is 0. The van der Waals surface area contributed by atoms with E-state index < -0.39 is 5.54 Å². The van der Waals surface area contributed by atoms with Crippen molar-refractivity contribution in [1.29, 1.82) is 0 Å². The van der Waals surface area contributed by atoms with Crippen LogP contribution in [0.2, 0.25) is 0 Å². The van der Waals surface area contributed by atoms with Gasteiger partial charge in [0.25, 0.3) is 0 Å². The number of esters is 1. The maximum atomic E-state index is 12.6. The molecule has 0 aromatic rings. The minimum Gasteiger partial charge on any atom is -0.465 e. The van der Waals surface area contributed by atoms with Crippen LogP contribution >= 0.6 is 11.8 Å². The third kappa shape index (κ3) is 3.91. The van der Waals surface area contributed by atoms with Gasteiger partial charge in [0.15, 0.2) is 0 Å². The molecule has 0 aromatic carbocycles. The highest BCUT2D eigenvalue weighted by atomic mass is 32.2. The molecule has 0 aliphatic heterocycles. The van der Waals surface area contributed by atoms with Gasteiger partial charge in [0.2, 0.25) is 0 Å². The minimum atomic E-state index is -0.426. The van der Waals surface area contributed by atoms with Crippen molar-refractivity contribution in [3.8, 4) is 0 Å². The van der Waals surface area contributed by atoms with E-state index in [1.54, 1.807) is 0 Å². The molecule has 2 atom stereocenters. The summed E-state index contributed by atoms with van der Waals surface area (Å²) in [6, 6.07) is 0.537. The second-order valence-electron chi connectivity index (χ2n) is 6.64. The first-order valence-corrected chi connectivity index (χ1v) is 9.11. The van der Waals surface area contributed by atoms with Gasteiger partial charge in [-0.3, -0.25) is 10.1 Å². The minimum absolute atomic E-state index is 0.0159. The molecule has 2 rings (SSSR count). The highest BCUT2D eigenvalue weighted by molar-refractivity contribution is 8.00. The van der Waals surface area contributed by atoms with Gasteiger partial charge in [-0.05, 0) is 44.4 Å². The summed E-state index contributed by atoms with van der Waals surface area (Å²) in [5.74, 6) is 1.96. The average molecular weight is 299 g/mol. The number of rotatable bonds is 9. The first kappa shape index (κ1) is 16.2. The van der Waals surface area contributed by atoms with E-state index in [2.05, 4.69) is 26.1 Å². The lowest BCUT2D eigenvalue weighted by molar-refractivity contribution is -0.151. The normalized spacial score (nSPS) is 23.4. The second-order valence-corrected chi connectivity index (χ2v) is 8.01. The number of hydrogen-bond donors (Lipinski definition) is 1. The van der Waals surface area contributed by atoms with Crippen molar-refractivity contribution in [1.82, 2.24) is 5.32 Å². The molecule has 0 bridgehead atoms. The van der Waals surface area contributed by atoms with Crippen molar-refractivity contribution in [2.24, 2.45) is 11.8 Å². The molecule has 4 heteroatoms. The third-order valence-electron chi connectivity index (χ3n) is 4.47. The molecule has 2 saturated carbocycles. The summed E-state index contributed by atoms with van der Waals surface area (Å²) in [4.78, 5) is 12.6. The fourth-order valence-corrected chi connectivity index (χ4v) is 3.79. The zero-order valence-electron chi connectivity index (χ0n) is 13.3. The molecule has 0 heterocycles. The Morgan fingerprint density at radius 2 is 1.95 bits per heavy atom. The van der Waals surface area contributed by atoms with E-state index >= 15 is 0 Å². The summed E-state index contributed by atoms with van der Waals surface area (Å²) < 4.78 is 5.42. The van der Waals surface area contributed by atoms with E-state index in [9.17, 15) is 4.79 Å². The van der Waals surface area contributed by atoms with E-state index in [-0.39, 0.29) is 5.97 Å². The van der Waals surface area contributed by atoms with Gasteiger partial charge < -0.3 is 4.74 Å². The van der Waals surface area contributed by atoms with Crippen molar-refractivity contribution in [3.63, 3.8) is 0 Å². The van der Waals surface area contributed by atoms with Gasteiger partial charge in [0.05, 0.1) is 6.61 Å². The predicted molar refractivity (Wildman–Crippen MR) is 85.0 cm³/mol. The summed E-state index contributed by atoms with van der Waals surface area (Å²) in [6.07, 6.45) is 4.74. The Bertz CT molecular complexity index is 339. The van der Waals surface area contributed by atoms with Gasteiger partial charge in [0, 0.05) is 17.0 Å². The lowest BCUT2D eigenvalue weighted by atomic mass is 9.95. The maximum absolute atomic E-state index is 12.6. The van der Waals surface area contributed by atoms with Gasteiger partial charge >= 0.3 is 5.97 Å². The standard InChI is InChI=1S/C16H29NO2S/c1-5-19-15(18)16(13-6-7-13,17-14-8-9-14)10-20-12(4)11(2)3/h11-14,17H,5-10H2,1-4H3. The third-order valence-corrected chi connectivity index (χ3v) is 6.16. The quantitative estimate of drug-likeness (QED) is 0.663. The van der Waals surface area contributed by atoms with Crippen molar-refractivity contribution in [3.05, 3.63) is 0 Å². The molecule has 2 aliphatic rings. The predicted octanol–water partition coefficient (Wildman–Crippen LogP) is 3.23. The molecule has 0 aromatic heterocycles.